The Bertz CT molecular complexity index is 702. The first-order valence-corrected chi connectivity index (χ1v) is 9.68. The minimum absolute atomic E-state index is 0.530. The smallest absolute Gasteiger partial charge is 0.121 e. The molecule has 1 saturated heterocycles. The summed E-state index contributed by atoms with van der Waals surface area (Å²) < 4.78 is 12.3. The van der Waals surface area contributed by atoms with Crippen molar-refractivity contribution in [1.29, 1.82) is 0 Å². The van der Waals surface area contributed by atoms with Crippen LogP contribution in [0.25, 0.3) is 11.1 Å². The molecule has 0 radical (unpaired) electrons. The van der Waals surface area contributed by atoms with Gasteiger partial charge < -0.3 is 5.32 Å². The molecule has 2 aromatic rings. The summed E-state index contributed by atoms with van der Waals surface area (Å²) in [7, 11) is 0.855. The average molecular weight is 344 g/mol. The molecule has 2 atom stereocenters. The highest BCUT2D eigenvalue weighted by atomic mass is 32.2. The van der Waals surface area contributed by atoms with Crippen LogP contribution in [0.2, 0.25) is 0 Å². The maximum atomic E-state index is 12.9. The third kappa shape index (κ3) is 2.98. The van der Waals surface area contributed by atoms with Gasteiger partial charge in [0.1, 0.15) is 4.75 Å². The molecule has 1 fully saturated rings. The summed E-state index contributed by atoms with van der Waals surface area (Å²) in [5.41, 5.74) is 3.42. The molecule has 23 heavy (non-hydrogen) atoms. The Hall–Kier alpha value is -1.52. The van der Waals surface area contributed by atoms with E-state index < -0.39 is 15.5 Å². The highest BCUT2D eigenvalue weighted by Gasteiger charge is 2.44. The van der Waals surface area contributed by atoms with E-state index in [0.29, 0.717) is 4.99 Å². The van der Waals surface area contributed by atoms with Crippen LogP contribution >= 0.6 is 12.2 Å². The number of likely N-dealkylation sites (N-methyl/N-ethyl adjacent to an activating group) is 1. The quantitative estimate of drug-likeness (QED) is 0.853. The van der Waals surface area contributed by atoms with Gasteiger partial charge in [0.15, 0.2) is 0 Å². The number of hydrogen-bond donors (Lipinski definition) is 1. The van der Waals surface area contributed by atoms with Gasteiger partial charge in [-0.1, -0.05) is 73.2 Å². The van der Waals surface area contributed by atoms with E-state index in [-0.39, 0.29) is 0 Å². The van der Waals surface area contributed by atoms with Crippen LogP contribution in [-0.2, 0) is 15.5 Å². The molecule has 1 aliphatic rings. The fraction of sp³-hybridized carbons (Fsp3) is 0.316. The Morgan fingerprint density at radius 3 is 2.30 bits per heavy atom. The molecular weight excluding hydrogens is 322 g/mol. The van der Waals surface area contributed by atoms with Gasteiger partial charge >= 0.3 is 0 Å². The predicted octanol–water partition coefficient (Wildman–Crippen LogP) is 4.03. The van der Waals surface area contributed by atoms with Crippen molar-refractivity contribution in [3.63, 3.8) is 0 Å². The zero-order valence-corrected chi connectivity index (χ0v) is 14.9. The van der Waals surface area contributed by atoms with Crippen molar-refractivity contribution in [2.75, 3.05) is 12.8 Å². The van der Waals surface area contributed by atoms with E-state index in [1.807, 2.05) is 25.2 Å². The van der Waals surface area contributed by atoms with Crippen molar-refractivity contribution in [2.24, 2.45) is 0 Å². The first-order valence-electron chi connectivity index (χ1n) is 7.95. The number of rotatable bonds is 3. The summed E-state index contributed by atoms with van der Waals surface area (Å²) in [4.78, 5) is 0.697. The Morgan fingerprint density at radius 1 is 1.04 bits per heavy atom. The Labute approximate surface area is 145 Å². The monoisotopic (exact) mass is 343 g/mol. The maximum Gasteiger partial charge on any atom is 0.121 e. The van der Waals surface area contributed by atoms with Crippen LogP contribution in [0.15, 0.2) is 54.6 Å². The molecular formula is C19H21NOS2. The van der Waals surface area contributed by atoms with Crippen LogP contribution in [0.4, 0.5) is 0 Å². The minimum Gasteiger partial charge on any atom is -0.381 e. The van der Waals surface area contributed by atoms with Gasteiger partial charge in [0.05, 0.1) is 4.99 Å². The van der Waals surface area contributed by atoms with Crippen LogP contribution in [0, 0.1) is 0 Å². The molecule has 0 amide bonds. The first-order chi connectivity index (χ1) is 11.2. The lowest BCUT2D eigenvalue weighted by Gasteiger charge is -2.37. The van der Waals surface area contributed by atoms with E-state index in [1.165, 1.54) is 11.1 Å². The third-order valence-corrected chi connectivity index (χ3v) is 7.31. The van der Waals surface area contributed by atoms with Crippen molar-refractivity contribution >= 4 is 28.0 Å². The molecule has 0 aliphatic carbocycles. The van der Waals surface area contributed by atoms with E-state index in [2.05, 4.69) is 41.7 Å². The molecule has 0 bridgehead atoms. The molecule has 1 N–H and O–H groups in total. The van der Waals surface area contributed by atoms with Gasteiger partial charge in [0.2, 0.25) is 0 Å². The van der Waals surface area contributed by atoms with Crippen LogP contribution in [0.3, 0.4) is 0 Å². The van der Waals surface area contributed by atoms with Gasteiger partial charge in [-0.2, -0.15) is 0 Å². The van der Waals surface area contributed by atoms with Crippen LogP contribution < -0.4 is 5.32 Å². The zero-order valence-electron chi connectivity index (χ0n) is 13.2. The second-order valence-electron chi connectivity index (χ2n) is 5.86. The van der Waals surface area contributed by atoms with Gasteiger partial charge in [0.25, 0.3) is 0 Å². The molecule has 1 heterocycles. The summed E-state index contributed by atoms with van der Waals surface area (Å²) in [6.07, 6.45) is 2.93. The van der Waals surface area contributed by atoms with Gasteiger partial charge in [-0.05, 0) is 29.5 Å². The maximum absolute atomic E-state index is 12.9. The predicted molar refractivity (Wildman–Crippen MR) is 102 cm³/mol. The Balaban J connectivity index is 2.01. The summed E-state index contributed by atoms with van der Waals surface area (Å²) in [6.45, 7) is 0. The number of benzene rings is 2. The van der Waals surface area contributed by atoms with Gasteiger partial charge in [-0.15, -0.1) is 0 Å². The Morgan fingerprint density at radius 2 is 1.70 bits per heavy atom. The summed E-state index contributed by atoms with van der Waals surface area (Å²) >= 11 is 5.57. The fourth-order valence-electron chi connectivity index (χ4n) is 3.28. The summed E-state index contributed by atoms with van der Waals surface area (Å²) in [5, 5.41) is 3.09. The zero-order chi connectivity index (χ0) is 16.3. The standard InChI is InChI=1S/C19H21NOS2/c1-20-18(22)19(13-5-6-14-23(19)21)17-11-9-16(10-12-17)15-7-3-2-4-8-15/h2-4,7-12H,5-6,13-14H2,1H3,(H,20,22)/t19-,23+/m0/s1. The molecule has 3 rings (SSSR count). The normalized spacial score (nSPS) is 24.1. The van der Waals surface area contributed by atoms with Crippen LogP contribution in [0.5, 0.6) is 0 Å². The first kappa shape index (κ1) is 16.3. The lowest BCUT2D eigenvalue weighted by Crippen LogP contribution is -2.47. The molecule has 1 aliphatic heterocycles. The van der Waals surface area contributed by atoms with E-state index in [1.54, 1.807) is 0 Å². The van der Waals surface area contributed by atoms with Crippen molar-refractivity contribution in [1.82, 2.24) is 5.32 Å². The SMILES string of the molecule is CNC(=S)[C@@]1(c2ccc(-c3ccccc3)cc2)CCCC[S@]1=O. The lowest BCUT2D eigenvalue weighted by atomic mass is 9.90. The minimum atomic E-state index is -0.972. The fourth-order valence-corrected chi connectivity index (χ4v) is 5.68. The largest absolute Gasteiger partial charge is 0.381 e. The molecule has 2 nitrogen and oxygen atoms in total. The summed E-state index contributed by atoms with van der Waals surface area (Å²) in [5.74, 6) is 0.724. The average Bonchev–Trinajstić information content (AvgIpc) is 2.62. The molecule has 0 spiro atoms. The van der Waals surface area contributed by atoms with Crippen molar-refractivity contribution in [3.05, 3.63) is 60.2 Å². The lowest BCUT2D eigenvalue weighted by molar-refractivity contribution is 0.574. The molecule has 0 unspecified atom stereocenters. The van der Waals surface area contributed by atoms with Gasteiger partial charge in [-0.3, -0.25) is 4.21 Å². The second-order valence-corrected chi connectivity index (χ2v) is 8.06. The van der Waals surface area contributed by atoms with E-state index in [9.17, 15) is 4.21 Å². The molecule has 0 saturated carbocycles. The molecule has 2 aromatic carbocycles. The van der Waals surface area contributed by atoms with E-state index in [0.717, 1.165) is 30.6 Å². The van der Waals surface area contributed by atoms with Crippen LogP contribution in [-0.4, -0.2) is 22.0 Å². The number of thiocarbonyl (C=S) groups is 1. The highest BCUT2D eigenvalue weighted by Crippen LogP contribution is 2.39. The number of hydrogen-bond acceptors (Lipinski definition) is 2. The van der Waals surface area contributed by atoms with E-state index >= 15 is 0 Å². The van der Waals surface area contributed by atoms with Crippen molar-refractivity contribution in [3.8, 4) is 11.1 Å². The topological polar surface area (TPSA) is 29.1 Å². The molecule has 4 heteroatoms. The van der Waals surface area contributed by atoms with Crippen molar-refractivity contribution < 1.29 is 4.21 Å². The molecule has 120 valence electrons. The van der Waals surface area contributed by atoms with Crippen molar-refractivity contribution in [2.45, 2.75) is 24.0 Å². The van der Waals surface area contributed by atoms with Crippen LogP contribution in [0.1, 0.15) is 24.8 Å². The van der Waals surface area contributed by atoms with Gasteiger partial charge in [0, 0.05) is 23.6 Å². The summed E-state index contributed by atoms with van der Waals surface area (Å²) in [6, 6.07) is 18.7. The Kier molecular flexibility index (Phi) is 4.93. The second kappa shape index (κ2) is 6.93. The highest BCUT2D eigenvalue weighted by molar-refractivity contribution is 7.90. The van der Waals surface area contributed by atoms with Gasteiger partial charge in [-0.25, -0.2) is 0 Å². The van der Waals surface area contributed by atoms with E-state index in [4.69, 9.17) is 12.2 Å². The molecule has 0 aromatic heterocycles. The third-order valence-electron chi connectivity index (χ3n) is 4.55. The number of nitrogens with one attached hydrogen (secondary N) is 1.